The summed E-state index contributed by atoms with van der Waals surface area (Å²) in [6.07, 6.45) is 5.30. The maximum Gasteiger partial charge on any atom is 0.308 e. The van der Waals surface area contributed by atoms with E-state index in [1.54, 1.807) is 36.4 Å². The molecule has 1 fully saturated rings. The number of hydrogen-bond donors (Lipinski definition) is 4. The molecule has 4 rings (SSSR count). The van der Waals surface area contributed by atoms with Gasteiger partial charge in [-0.25, -0.2) is 0 Å². The number of morpholine rings is 1. The zero-order chi connectivity index (χ0) is 34.1. The fourth-order valence-electron chi connectivity index (χ4n) is 4.83. The molecule has 256 valence electrons. The van der Waals surface area contributed by atoms with Crippen LogP contribution in [0.1, 0.15) is 47.9 Å². The number of nitrogens with zero attached hydrogens (tertiary/aromatic N) is 3. The van der Waals surface area contributed by atoms with Gasteiger partial charge in [0.15, 0.2) is 0 Å². The lowest BCUT2D eigenvalue weighted by Gasteiger charge is -2.26. The van der Waals surface area contributed by atoms with Crippen molar-refractivity contribution in [2.75, 3.05) is 45.3 Å². The first-order valence-electron chi connectivity index (χ1n) is 15.8. The number of aromatic nitrogens is 2. The standard InChI is InChI=1S/C34H43N7O6S/c1-45-27-12-7-10-25(23-27)32(47-31(43)16-17-41-18-20-46-21-19-41)33(44)38-34-40-39-30(48-34)13-6-5-11-26(35)14-15-28(36)37-29(42)22-24-8-3-2-4-9-24/h2-4,7-10,12,14-15,23,32H,5-6,11,13,16-22,35-36H2,1H3,(H,37,42)(H,38,40,44)/b26-14-,28-15+. The summed E-state index contributed by atoms with van der Waals surface area (Å²) in [7, 11) is 1.53. The maximum absolute atomic E-state index is 13.4. The van der Waals surface area contributed by atoms with E-state index in [2.05, 4.69) is 25.7 Å². The van der Waals surface area contributed by atoms with Gasteiger partial charge in [0.05, 0.1) is 33.2 Å². The number of benzene rings is 2. The van der Waals surface area contributed by atoms with Crippen LogP contribution in [0.2, 0.25) is 0 Å². The van der Waals surface area contributed by atoms with Crippen molar-refractivity contribution in [3.63, 3.8) is 0 Å². The molecule has 1 aliphatic heterocycles. The first-order chi connectivity index (χ1) is 23.3. The van der Waals surface area contributed by atoms with E-state index < -0.39 is 18.0 Å². The second-order valence-corrected chi connectivity index (χ2v) is 12.2. The van der Waals surface area contributed by atoms with Gasteiger partial charge in [-0.2, -0.15) is 0 Å². The van der Waals surface area contributed by atoms with Gasteiger partial charge in [0.1, 0.15) is 16.6 Å². The predicted octanol–water partition coefficient (Wildman–Crippen LogP) is 3.21. The molecule has 2 aromatic carbocycles. The number of ether oxygens (including phenoxy) is 3. The number of unbranched alkanes of at least 4 members (excludes halogenated alkanes) is 1. The molecule has 1 saturated heterocycles. The zero-order valence-corrected chi connectivity index (χ0v) is 27.9. The van der Waals surface area contributed by atoms with E-state index >= 15 is 0 Å². The number of amides is 2. The van der Waals surface area contributed by atoms with Crippen LogP contribution in [0.5, 0.6) is 5.75 Å². The van der Waals surface area contributed by atoms with Gasteiger partial charge >= 0.3 is 5.97 Å². The monoisotopic (exact) mass is 677 g/mol. The Morgan fingerprint density at radius 1 is 1.02 bits per heavy atom. The number of anilines is 1. The fourth-order valence-corrected chi connectivity index (χ4v) is 5.62. The summed E-state index contributed by atoms with van der Waals surface area (Å²) in [5.41, 5.74) is 14.1. The van der Waals surface area contributed by atoms with Gasteiger partial charge in [-0.15, -0.1) is 10.2 Å². The Labute approximate surface area is 284 Å². The van der Waals surface area contributed by atoms with Crippen LogP contribution in [0.4, 0.5) is 5.13 Å². The molecular formula is C34H43N7O6S. The van der Waals surface area contributed by atoms with Crippen LogP contribution in [-0.2, 0) is 36.7 Å². The van der Waals surface area contributed by atoms with Gasteiger partial charge in [-0.05, 0) is 49.1 Å². The van der Waals surface area contributed by atoms with E-state index in [0.717, 1.165) is 36.5 Å². The molecule has 0 spiro atoms. The third-order valence-electron chi connectivity index (χ3n) is 7.39. The molecule has 0 aliphatic carbocycles. The third kappa shape index (κ3) is 12.4. The van der Waals surface area contributed by atoms with Gasteiger partial charge in [0.25, 0.3) is 5.91 Å². The lowest BCUT2D eigenvalue weighted by molar-refractivity contribution is -0.155. The summed E-state index contributed by atoms with van der Waals surface area (Å²) in [5, 5.41) is 14.8. The topological polar surface area (TPSA) is 184 Å². The minimum Gasteiger partial charge on any atom is -0.497 e. The highest BCUT2D eigenvalue weighted by Crippen LogP contribution is 2.26. The van der Waals surface area contributed by atoms with Crippen LogP contribution >= 0.6 is 11.3 Å². The number of nitrogens with one attached hydrogen (secondary N) is 2. The van der Waals surface area contributed by atoms with Gasteiger partial charge in [-0.1, -0.05) is 53.8 Å². The Morgan fingerprint density at radius 2 is 1.81 bits per heavy atom. The highest BCUT2D eigenvalue weighted by Gasteiger charge is 2.27. The first-order valence-corrected chi connectivity index (χ1v) is 16.6. The number of rotatable bonds is 17. The number of aryl methyl sites for hydroxylation is 1. The molecule has 1 atom stereocenters. The minimum atomic E-state index is -1.19. The summed E-state index contributed by atoms with van der Waals surface area (Å²) in [6, 6.07) is 16.3. The van der Waals surface area contributed by atoms with Crippen LogP contribution in [0.15, 0.2) is 78.3 Å². The first kappa shape index (κ1) is 36.1. The van der Waals surface area contributed by atoms with E-state index in [0.29, 0.717) is 54.7 Å². The lowest BCUT2D eigenvalue weighted by atomic mass is 10.1. The normalized spacial score (nSPS) is 14.6. The van der Waals surface area contributed by atoms with E-state index in [1.807, 2.05) is 30.3 Å². The smallest absolute Gasteiger partial charge is 0.308 e. The van der Waals surface area contributed by atoms with E-state index in [9.17, 15) is 14.4 Å². The van der Waals surface area contributed by atoms with Crippen molar-refractivity contribution in [3.05, 3.63) is 94.4 Å². The number of allylic oxidation sites excluding steroid dienone is 3. The number of carbonyl (C=O) groups is 3. The predicted molar refractivity (Wildman–Crippen MR) is 183 cm³/mol. The molecule has 1 aromatic heterocycles. The van der Waals surface area contributed by atoms with Crippen LogP contribution in [0, 0.1) is 0 Å². The molecule has 13 nitrogen and oxygen atoms in total. The van der Waals surface area contributed by atoms with Gasteiger partial charge in [0.2, 0.25) is 17.1 Å². The molecule has 0 bridgehead atoms. The molecular weight excluding hydrogens is 634 g/mol. The summed E-state index contributed by atoms with van der Waals surface area (Å²) >= 11 is 1.26. The molecule has 3 aromatic rings. The minimum absolute atomic E-state index is 0.144. The number of methoxy groups -OCH3 is 1. The summed E-state index contributed by atoms with van der Waals surface area (Å²) in [4.78, 5) is 40.5. The fraction of sp³-hybridized carbons (Fsp3) is 0.382. The highest BCUT2D eigenvalue weighted by molar-refractivity contribution is 7.15. The largest absolute Gasteiger partial charge is 0.497 e. The molecule has 1 aliphatic rings. The third-order valence-corrected chi connectivity index (χ3v) is 8.29. The van der Waals surface area contributed by atoms with Crippen molar-refractivity contribution in [3.8, 4) is 5.75 Å². The summed E-state index contributed by atoms with van der Waals surface area (Å²) < 4.78 is 16.4. The lowest BCUT2D eigenvalue weighted by Crippen LogP contribution is -2.38. The number of carbonyl (C=O) groups excluding carboxylic acids is 3. The van der Waals surface area contributed by atoms with Crippen molar-refractivity contribution >= 4 is 34.3 Å². The van der Waals surface area contributed by atoms with Crippen molar-refractivity contribution in [1.82, 2.24) is 20.4 Å². The van der Waals surface area contributed by atoms with Crippen LogP contribution in [0.3, 0.4) is 0 Å². The molecule has 2 heterocycles. The number of hydrogen-bond acceptors (Lipinski definition) is 12. The molecule has 6 N–H and O–H groups in total. The Balaban J connectivity index is 1.23. The van der Waals surface area contributed by atoms with Crippen LogP contribution in [-0.4, -0.2) is 72.8 Å². The van der Waals surface area contributed by atoms with E-state index in [-0.39, 0.29) is 24.6 Å². The molecule has 0 radical (unpaired) electrons. The Hall–Kier alpha value is -4.79. The Bertz CT molecular complexity index is 1560. The summed E-state index contributed by atoms with van der Waals surface area (Å²) in [6.45, 7) is 3.28. The zero-order valence-electron chi connectivity index (χ0n) is 27.1. The average molecular weight is 678 g/mol. The SMILES string of the molecule is COc1cccc(C(OC(=O)CCN2CCOCC2)C(=O)Nc2nnc(CCCC/C(N)=C/C=C(\N)NC(=O)Cc3ccccc3)s2)c1. The summed E-state index contributed by atoms with van der Waals surface area (Å²) in [5.74, 6) is -0.466. The Morgan fingerprint density at radius 3 is 2.58 bits per heavy atom. The highest BCUT2D eigenvalue weighted by atomic mass is 32.1. The second kappa shape index (κ2) is 19.1. The molecule has 1 unspecified atom stereocenters. The van der Waals surface area contributed by atoms with Crippen molar-refractivity contribution in [2.24, 2.45) is 11.5 Å². The Kier molecular flexibility index (Phi) is 14.4. The van der Waals surface area contributed by atoms with Gasteiger partial charge in [-0.3, -0.25) is 24.6 Å². The van der Waals surface area contributed by atoms with Crippen LogP contribution < -0.4 is 26.8 Å². The molecule has 48 heavy (non-hydrogen) atoms. The van der Waals surface area contributed by atoms with Gasteiger partial charge in [0, 0.05) is 37.3 Å². The van der Waals surface area contributed by atoms with E-state index in [4.69, 9.17) is 25.7 Å². The van der Waals surface area contributed by atoms with Crippen molar-refractivity contribution < 1.29 is 28.6 Å². The van der Waals surface area contributed by atoms with Crippen molar-refractivity contribution in [2.45, 2.75) is 44.6 Å². The molecule has 2 amide bonds. The van der Waals surface area contributed by atoms with Crippen molar-refractivity contribution in [1.29, 1.82) is 0 Å². The molecule has 14 heteroatoms. The van der Waals surface area contributed by atoms with E-state index in [1.165, 1.54) is 18.4 Å². The van der Waals surface area contributed by atoms with Gasteiger partial charge < -0.3 is 31.0 Å². The average Bonchev–Trinajstić information content (AvgIpc) is 3.54. The van der Waals surface area contributed by atoms with Crippen LogP contribution in [0.25, 0.3) is 0 Å². The molecule has 0 saturated carbocycles. The maximum atomic E-state index is 13.4. The number of nitrogens with two attached hydrogens (primary N) is 2. The quantitative estimate of drug-likeness (QED) is 0.0935. The number of esters is 1. The second-order valence-electron chi connectivity index (χ2n) is 11.1.